The number of carbonyl (C=O) groups excluding carboxylic acids is 1. The van der Waals surface area contributed by atoms with E-state index in [1.54, 1.807) is 10.8 Å². The highest BCUT2D eigenvalue weighted by atomic mass is 16.2. The lowest BCUT2D eigenvalue weighted by molar-refractivity contribution is 0.0934. The van der Waals surface area contributed by atoms with Crippen LogP contribution in [-0.2, 0) is 13.6 Å². The number of aryl methyl sites for hydroxylation is 2. The molecule has 3 aromatic rings. The number of benzene rings is 1. The number of hydrogen-bond acceptors (Lipinski definition) is 2. The SMILES string of the molecule is CCn1cc(C(=O)NC2CCCCCC2)c2c3ccccc3n(C)c2c1=O. The number of para-hydroxylation sites is 1. The van der Waals surface area contributed by atoms with Crippen LogP contribution in [0.2, 0.25) is 0 Å². The Balaban J connectivity index is 1.88. The molecule has 4 rings (SSSR count). The summed E-state index contributed by atoms with van der Waals surface area (Å²) in [5, 5.41) is 4.98. The Kier molecular flexibility index (Phi) is 4.77. The zero-order valence-electron chi connectivity index (χ0n) is 16.1. The number of fused-ring (bicyclic) bond motifs is 3. The number of amides is 1. The van der Waals surface area contributed by atoms with Crippen molar-refractivity contribution in [2.45, 2.75) is 58.0 Å². The molecule has 1 aliphatic carbocycles. The second-order valence-electron chi connectivity index (χ2n) is 7.60. The first-order chi connectivity index (χ1) is 13.1. The van der Waals surface area contributed by atoms with Crippen LogP contribution in [0.4, 0.5) is 0 Å². The minimum atomic E-state index is -0.0644. The third-order valence-electron chi connectivity index (χ3n) is 5.90. The third-order valence-corrected chi connectivity index (χ3v) is 5.90. The smallest absolute Gasteiger partial charge is 0.275 e. The fourth-order valence-corrected chi connectivity index (χ4v) is 4.43. The van der Waals surface area contributed by atoms with E-state index in [1.165, 1.54) is 25.7 Å². The molecule has 2 aromatic heterocycles. The number of nitrogens with zero attached hydrogens (tertiary/aromatic N) is 2. The Bertz CT molecular complexity index is 1050. The first-order valence-corrected chi connectivity index (χ1v) is 10.0. The van der Waals surface area contributed by atoms with E-state index in [1.807, 2.05) is 42.8 Å². The van der Waals surface area contributed by atoms with Crippen LogP contribution in [0.15, 0.2) is 35.3 Å². The molecule has 0 spiro atoms. The second-order valence-corrected chi connectivity index (χ2v) is 7.60. The van der Waals surface area contributed by atoms with Gasteiger partial charge in [0.1, 0.15) is 5.52 Å². The van der Waals surface area contributed by atoms with Gasteiger partial charge in [-0.2, -0.15) is 0 Å². The molecule has 5 heteroatoms. The fourth-order valence-electron chi connectivity index (χ4n) is 4.43. The summed E-state index contributed by atoms with van der Waals surface area (Å²) in [5.41, 5.74) is 2.14. The van der Waals surface area contributed by atoms with Gasteiger partial charge < -0.3 is 14.5 Å². The minimum Gasteiger partial charge on any atom is -0.349 e. The van der Waals surface area contributed by atoms with Crippen LogP contribution >= 0.6 is 0 Å². The summed E-state index contributed by atoms with van der Waals surface area (Å²) < 4.78 is 3.56. The van der Waals surface area contributed by atoms with E-state index in [4.69, 9.17) is 0 Å². The van der Waals surface area contributed by atoms with Crippen molar-refractivity contribution in [3.63, 3.8) is 0 Å². The summed E-state index contributed by atoms with van der Waals surface area (Å²) in [6.45, 7) is 2.48. The standard InChI is InChI=1S/C22H27N3O2/c1-3-25-14-17(21(26)23-15-10-6-4-5-7-11-15)19-16-12-8-9-13-18(16)24(2)20(19)22(25)27/h8-9,12-15H,3-7,10-11H2,1-2H3,(H,23,26). The third kappa shape index (κ3) is 3.05. The van der Waals surface area contributed by atoms with Gasteiger partial charge in [-0.25, -0.2) is 0 Å². The number of hydrogen-bond donors (Lipinski definition) is 1. The molecule has 142 valence electrons. The number of pyridine rings is 1. The minimum absolute atomic E-state index is 0.0442. The van der Waals surface area contributed by atoms with Crippen molar-refractivity contribution in [2.75, 3.05) is 0 Å². The van der Waals surface area contributed by atoms with Gasteiger partial charge in [-0.3, -0.25) is 9.59 Å². The van der Waals surface area contributed by atoms with Crippen LogP contribution < -0.4 is 10.9 Å². The Morgan fingerprint density at radius 2 is 1.85 bits per heavy atom. The van der Waals surface area contributed by atoms with E-state index in [0.29, 0.717) is 17.6 Å². The van der Waals surface area contributed by atoms with Crippen molar-refractivity contribution in [3.8, 4) is 0 Å². The van der Waals surface area contributed by atoms with Crippen molar-refractivity contribution in [1.29, 1.82) is 0 Å². The summed E-state index contributed by atoms with van der Waals surface area (Å²) in [7, 11) is 1.90. The molecule has 1 fully saturated rings. The molecule has 0 unspecified atom stereocenters. The first-order valence-electron chi connectivity index (χ1n) is 10.0. The van der Waals surface area contributed by atoms with Gasteiger partial charge in [0.25, 0.3) is 11.5 Å². The monoisotopic (exact) mass is 365 g/mol. The van der Waals surface area contributed by atoms with E-state index in [0.717, 1.165) is 29.1 Å². The lowest BCUT2D eigenvalue weighted by atomic mass is 10.1. The van der Waals surface area contributed by atoms with Gasteiger partial charge in [-0.05, 0) is 25.8 Å². The van der Waals surface area contributed by atoms with E-state index >= 15 is 0 Å². The molecule has 5 nitrogen and oxygen atoms in total. The van der Waals surface area contributed by atoms with Crippen molar-refractivity contribution in [3.05, 3.63) is 46.4 Å². The Morgan fingerprint density at radius 1 is 1.15 bits per heavy atom. The maximum atomic E-state index is 13.2. The lowest BCUT2D eigenvalue weighted by Gasteiger charge is -2.17. The summed E-state index contributed by atoms with van der Waals surface area (Å²) >= 11 is 0. The largest absolute Gasteiger partial charge is 0.349 e. The van der Waals surface area contributed by atoms with Gasteiger partial charge in [0.2, 0.25) is 0 Å². The van der Waals surface area contributed by atoms with Gasteiger partial charge >= 0.3 is 0 Å². The van der Waals surface area contributed by atoms with Crippen molar-refractivity contribution < 1.29 is 4.79 Å². The number of rotatable bonds is 3. The van der Waals surface area contributed by atoms with E-state index in [2.05, 4.69) is 5.32 Å². The molecular formula is C22H27N3O2. The highest BCUT2D eigenvalue weighted by Crippen LogP contribution is 2.29. The molecule has 1 N–H and O–H groups in total. The van der Waals surface area contributed by atoms with Crippen LogP contribution in [0, 0.1) is 0 Å². The summed E-state index contributed by atoms with van der Waals surface area (Å²) in [5.74, 6) is -0.0644. The molecule has 0 radical (unpaired) electrons. The normalized spacial score (nSPS) is 15.9. The van der Waals surface area contributed by atoms with Gasteiger partial charge in [0, 0.05) is 42.1 Å². The summed E-state index contributed by atoms with van der Waals surface area (Å²) in [4.78, 5) is 26.2. The average Bonchev–Trinajstić information content (AvgIpc) is 2.83. The van der Waals surface area contributed by atoms with Crippen molar-refractivity contribution in [2.24, 2.45) is 7.05 Å². The topological polar surface area (TPSA) is 56.0 Å². The van der Waals surface area contributed by atoms with Crippen molar-refractivity contribution in [1.82, 2.24) is 14.5 Å². The van der Waals surface area contributed by atoms with Gasteiger partial charge in [-0.1, -0.05) is 43.9 Å². The van der Waals surface area contributed by atoms with Crippen molar-refractivity contribution >= 4 is 27.7 Å². The van der Waals surface area contributed by atoms with Crippen LogP contribution in [-0.4, -0.2) is 21.1 Å². The van der Waals surface area contributed by atoms with Gasteiger partial charge in [-0.15, -0.1) is 0 Å². The number of carbonyl (C=O) groups is 1. The Hall–Kier alpha value is -2.56. The zero-order chi connectivity index (χ0) is 19.0. The molecule has 1 amide bonds. The molecule has 0 saturated heterocycles. The molecule has 1 aliphatic rings. The summed E-state index contributed by atoms with van der Waals surface area (Å²) in [6.07, 6.45) is 8.66. The molecule has 0 aliphatic heterocycles. The predicted molar refractivity (Wildman–Crippen MR) is 109 cm³/mol. The number of nitrogens with one attached hydrogen (secondary N) is 1. The van der Waals surface area contributed by atoms with Crippen LogP contribution in [0.1, 0.15) is 55.8 Å². The highest BCUT2D eigenvalue weighted by molar-refractivity contribution is 6.17. The predicted octanol–water partition coefficient (Wildman–Crippen LogP) is 3.97. The maximum absolute atomic E-state index is 13.2. The molecule has 1 aromatic carbocycles. The molecule has 0 bridgehead atoms. The zero-order valence-corrected chi connectivity index (χ0v) is 16.1. The van der Waals surface area contributed by atoms with Crippen LogP contribution in [0.5, 0.6) is 0 Å². The van der Waals surface area contributed by atoms with Crippen LogP contribution in [0.25, 0.3) is 21.8 Å². The Morgan fingerprint density at radius 3 is 2.56 bits per heavy atom. The fraction of sp³-hybridized carbons (Fsp3) is 0.455. The molecule has 0 atom stereocenters. The summed E-state index contributed by atoms with van der Waals surface area (Å²) in [6, 6.07) is 8.14. The van der Waals surface area contributed by atoms with Gasteiger partial charge in [0.05, 0.1) is 5.56 Å². The molecular weight excluding hydrogens is 338 g/mol. The molecule has 2 heterocycles. The quantitative estimate of drug-likeness (QED) is 0.714. The van der Waals surface area contributed by atoms with E-state index in [-0.39, 0.29) is 17.5 Å². The lowest BCUT2D eigenvalue weighted by Crippen LogP contribution is -2.35. The van der Waals surface area contributed by atoms with Gasteiger partial charge in [0.15, 0.2) is 0 Å². The average molecular weight is 365 g/mol. The molecule has 1 saturated carbocycles. The Labute approximate surface area is 159 Å². The highest BCUT2D eigenvalue weighted by Gasteiger charge is 2.23. The first kappa shape index (κ1) is 17.8. The van der Waals surface area contributed by atoms with E-state index in [9.17, 15) is 9.59 Å². The van der Waals surface area contributed by atoms with Crippen LogP contribution in [0.3, 0.4) is 0 Å². The second kappa shape index (κ2) is 7.22. The molecule has 27 heavy (non-hydrogen) atoms. The van der Waals surface area contributed by atoms with E-state index < -0.39 is 0 Å². The number of aromatic nitrogens is 2. The maximum Gasteiger partial charge on any atom is 0.275 e.